The second-order valence-electron chi connectivity index (χ2n) is 2.70. The van der Waals surface area contributed by atoms with Crippen LogP contribution in [0.5, 0.6) is 0 Å². The van der Waals surface area contributed by atoms with Gasteiger partial charge in [0.15, 0.2) is 0 Å². The molecule has 0 saturated carbocycles. The third-order valence-corrected chi connectivity index (χ3v) is 1.40. The van der Waals surface area contributed by atoms with Gasteiger partial charge in [0, 0.05) is 17.6 Å². The van der Waals surface area contributed by atoms with Gasteiger partial charge in [-0.15, -0.1) is 0 Å². The normalized spacial score (nSPS) is 14.2. The van der Waals surface area contributed by atoms with E-state index in [1.807, 2.05) is 20.8 Å². The Morgan fingerprint density at radius 1 is 1.00 bits per heavy atom. The maximum absolute atomic E-state index is 4.22. The molecule has 0 rings (SSSR count). The van der Waals surface area contributed by atoms with Crippen molar-refractivity contribution >= 4 is 11.4 Å². The summed E-state index contributed by atoms with van der Waals surface area (Å²) >= 11 is 0. The molecule has 0 fully saturated rings. The monoisotopic (exact) mass is 176 g/mol. The fraction of sp³-hybridized carbons (Fsp3) is 0.273. The first kappa shape index (κ1) is 11.6. The van der Waals surface area contributed by atoms with Gasteiger partial charge in [-0.1, -0.05) is 13.2 Å². The van der Waals surface area contributed by atoms with Gasteiger partial charge < -0.3 is 0 Å². The maximum atomic E-state index is 4.22. The van der Waals surface area contributed by atoms with Crippen molar-refractivity contribution in [3.8, 4) is 0 Å². The van der Waals surface area contributed by atoms with E-state index in [9.17, 15) is 0 Å². The summed E-state index contributed by atoms with van der Waals surface area (Å²) in [5, 5.41) is 0. The topological polar surface area (TPSA) is 24.7 Å². The van der Waals surface area contributed by atoms with Crippen LogP contribution in [-0.4, -0.2) is 11.4 Å². The highest BCUT2D eigenvalue weighted by atomic mass is 14.8. The van der Waals surface area contributed by atoms with Gasteiger partial charge >= 0.3 is 0 Å². The fourth-order valence-corrected chi connectivity index (χ4v) is 0.601. The summed E-state index contributed by atoms with van der Waals surface area (Å²) in [6.45, 7) is 12.9. The highest BCUT2D eigenvalue weighted by Gasteiger charge is 1.84. The van der Waals surface area contributed by atoms with E-state index in [0.717, 1.165) is 17.1 Å². The van der Waals surface area contributed by atoms with Crippen LogP contribution in [0, 0.1) is 0 Å². The lowest BCUT2D eigenvalue weighted by atomic mass is 10.4. The molecule has 0 bridgehead atoms. The van der Waals surface area contributed by atoms with E-state index in [1.54, 1.807) is 18.4 Å². The molecule has 0 aromatic carbocycles. The zero-order valence-corrected chi connectivity index (χ0v) is 8.54. The van der Waals surface area contributed by atoms with E-state index in [2.05, 4.69) is 23.1 Å². The molecule has 0 unspecified atom stereocenters. The standard InChI is InChI=1S/C11H16N2/c1-6-9(3)12-8-11(5)13-10(4)7-2/h6-8H,1-2H2,3-5H3/b11-8-,12-9+,13-10+. The van der Waals surface area contributed by atoms with E-state index < -0.39 is 0 Å². The number of hydrogen-bond acceptors (Lipinski definition) is 2. The molecule has 0 amide bonds. The van der Waals surface area contributed by atoms with Crippen LogP contribution in [0.2, 0.25) is 0 Å². The molecule has 0 aliphatic heterocycles. The molecule has 0 saturated heterocycles. The van der Waals surface area contributed by atoms with Crippen molar-refractivity contribution in [3.63, 3.8) is 0 Å². The third-order valence-electron chi connectivity index (χ3n) is 1.40. The molecule has 13 heavy (non-hydrogen) atoms. The van der Waals surface area contributed by atoms with Gasteiger partial charge in [-0.25, -0.2) is 0 Å². The van der Waals surface area contributed by atoms with Crippen LogP contribution in [0.4, 0.5) is 0 Å². The van der Waals surface area contributed by atoms with Crippen LogP contribution in [-0.2, 0) is 0 Å². The Bertz CT molecular complexity index is 280. The number of aliphatic imine (C=N–C) groups is 2. The van der Waals surface area contributed by atoms with Crippen molar-refractivity contribution in [1.82, 2.24) is 0 Å². The fourth-order valence-electron chi connectivity index (χ4n) is 0.601. The van der Waals surface area contributed by atoms with Gasteiger partial charge in [-0.05, 0) is 32.9 Å². The predicted molar refractivity (Wildman–Crippen MR) is 60.4 cm³/mol. The van der Waals surface area contributed by atoms with Crippen LogP contribution in [0.3, 0.4) is 0 Å². The lowest BCUT2D eigenvalue weighted by Gasteiger charge is -1.92. The smallest absolute Gasteiger partial charge is 0.0558 e. The van der Waals surface area contributed by atoms with E-state index in [-0.39, 0.29) is 0 Å². The second kappa shape index (κ2) is 6.12. The minimum atomic E-state index is 0.860. The van der Waals surface area contributed by atoms with Crippen LogP contribution in [0.1, 0.15) is 20.8 Å². The first-order chi connectivity index (χ1) is 6.10. The highest BCUT2D eigenvalue weighted by molar-refractivity contribution is 5.93. The van der Waals surface area contributed by atoms with E-state index >= 15 is 0 Å². The molecule has 2 nitrogen and oxygen atoms in total. The Morgan fingerprint density at radius 2 is 1.54 bits per heavy atom. The number of allylic oxidation sites excluding steroid dienone is 3. The number of rotatable bonds is 4. The summed E-state index contributed by atoms with van der Waals surface area (Å²) in [7, 11) is 0. The Hall–Kier alpha value is -1.44. The van der Waals surface area contributed by atoms with Crippen molar-refractivity contribution in [2.75, 3.05) is 0 Å². The lowest BCUT2D eigenvalue weighted by Crippen LogP contribution is -1.84. The van der Waals surface area contributed by atoms with Gasteiger partial charge in [0.25, 0.3) is 0 Å². The summed E-state index contributed by atoms with van der Waals surface area (Å²) in [6, 6.07) is 0. The van der Waals surface area contributed by atoms with Gasteiger partial charge in [0.05, 0.1) is 5.70 Å². The Kier molecular flexibility index (Phi) is 5.44. The Morgan fingerprint density at radius 3 is 2.00 bits per heavy atom. The zero-order chi connectivity index (χ0) is 10.3. The molecule has 0 atom stereocenters. The number of hydrogen-bond donors (Lipinski definition) is 0. The summed E-state index contributed by atoms with van der Waals surface area (Å²) in [6.07, 6.45) is 5.12. The molecule has 0 aromatic rings. The summed E-state index contributed by atoms with van der Waals surface area (Å²) < 4.78 is 0. The molecule has 70 valence electrons. The molecule has 0 aromatic heterocycles. The molecule has 0 heterocycles. The van der Waals surface area contributed by atoms with Crippen molar-refractivity contribution in [3.05, 3.63) is 37.2 Å². The second-order valence-corrected chi connectivity index (χ2v) is 2.70. The average Bonchev–Trinajstić information content (AvgIpc) is 2.13. The molecule has 2 heteroatoms. The number of nitrogens with zero attached hydrogens (tertiary/aromatic N) is 2. The Labute approximate surface area is 80.1 Å². The summed E-state index contributed by atoms with van der Waals surface area (Å²) in [5.74, 6) is 0. The first-order valence-electron chi connectivity index (χ1n) is 4.11. The zero-order valence-electron chi connectivity index (χ0n) is 8.54. The summed E-state index contributed by atoms with van der Waals surface area (Å²) in [5.41, 5.74) is 2.63. The van der Waals surface area contributed by atoms with E-state index in [1.165, 1.54) is 0 Å². The van der Waals surface area contributed by atoms with Crippen LogP contribution < -0.4 is 0 Å². The molecule has 0 N–H and O–H groups in total. The predicted octanol–water partition coefficient (Wildman–Crippen LogP) is 3.14. The van der Waals surface area contributed by atoms with Gasteiger partial charge in [-0.2, -0.15) is 0 Å². The van der Waals surface area contributed by atoms with Gasteiger partial charge in [0.2, 0.25) is 0 Å². The minimum Gasteiger partial charge on any atom is -0.260 e. The van der Waals surface area contributed by atoms with Crippen molar-refractivity contribution < 1.29 is 0 Å². The largest absolute Gasteiger partial charge is 0.260 e. The SMILES string of the molecule is C=C/C(C)=N/C=C(C)\N=C(/C)C=C. The lowest BCUT2D eigenvalue weighted by molar-refractivity contribution is 1.26. The van der Waals surface area contributed by atoms with Crippen LogP contribution in [0.15, 0.2) is 47.2 Å². The van der Waals surface area contributed by atoms with Gasteiger partial charge in [0.1, 0.15) is 0 Å². The summed E-state index contributed by atoms with van der Waals surface area (Å²) in [4.78, 5) is 8.35. The molecule has 0 aliphatic rings. The van der Waals surface area contributed by atoms with Crippen LogP contribution in [0.25, 0.3) is 0 Å². The average molecular weight is 176 g/mol. The molecule has 0 spiro atoms. The molecule has 0 aliphatic carbocycles. The Balaban J connectivity index is 4.51. The van der Waals surface area contributed by atoms with Crippen molar-refractivity contribution in [1.29, 1.82) is 0 Å². The first-order valence-corrected chi connectivity index (χ1v) is 4.11. The van der Waals surface area contributed by atoms with Crippen LogP contribution >= 0.6 is 0 Å². The quantitative estimate of drug-likeness (QED) is 0.588. The molecular weight excluding hydrogens is 160 g/mol. The van der Waals surface area contributed by atoms with Gasteiger partial charge in [-0.3, -0.25) is 9.98 Å². The maximum Gasteiger partial charge on any atom is 0.0558 e. The van der Waals surface area contributed by atoms with Crippen molar-refractivity contribution in [2.24, 2.45) is 9.98 Å². The minimum absolute atomic E-state index is 0.860. The molecular formula is C11H16N2. The van der Waals surface area contributed by atoms with E-state index in [0.29, 0.717) is 0 Å². The third kappa shape index (κ3) is 5.79. The van der Waals surface area contributed by atoms with Crippen molar-refractivity contribution in [2.45, 2.75) is 20.8 Å². The molecule has 0 radical (unpaired) electrons. The van der Waals surface area contributed by atoms with E-state index in [4.69, 9.17) is 0 Å². The highest BCUT2D eigenvalue weighted by Crippen LogP contribution is 1.97.